The lowest BCUT2D eigenvalue weighted by Gasteiger charge is -2.20. The van der Waals surface area contributed by atoms with Crippen LogP contribution in [0.4, 0.5) is 4.79 Å². The number of H-pyrrole nitrogens is 1. The van der Waals surface area contributed by atoms with E-state index in [0.717, 1.165) is 60.5 Å². The molecule has 9 heteroatoms. The van der Waals surface area contributed by atoms with E-state index in [1.807, 2.05) is 54.9 Å². The minimum atomic E-state index is -0.543. The summed E-state index contributed by atoms with van der Waals surface area (Å²) in [4.78, 5) is 29.3. The molecule has 0 aliphatic heterocycles. The molecule has 5 rings (SSSR count). The van der Waals surface area contributed by atoms with Crippen molar-refractivity contribution in [1.82, 2.24) is 25.6 Å². The second-order valence-corrected chi connectivity index (χ2v) is 10.5. The van der Waals surface area contributed by atoms with Crippen molar-refractivity contribution in [3.63, 3.8) is 0 Å². The fourth-order valence-corrected chi connectivity index (χ4v) is 5.38. The Hall–Kier alpha value is -4.17. The second-order valence-electron chi connectivity index (χ2n) is 10.1. The Morgan fingerprint density at radius 2 is 1.95 bits per heavy atom. The van der Waals surface area contributed by atoms with Crippen LogP contribution < -0.4 is 10.6 Å². The lowest BCUT2D eigenvalue weighted by molar-refractivity contribution is 0.144. The molecule has 1 atom stereocenters. The summed E-state index contributed by atoms with van der Waals surface area (Å²) in [6.07, 6.45) is 10.2. The molecule has 0 saturated carbocycles. The van der Waals surface area contributed by atoms with E-state index in [-0.39, 0.29) is 12.5 Å². The summed E-state index contributed by atoms with van der Waals surface area (Å²) in [5.41, 5.74) is 6.90. The molecule has 1 aliphatic rings. The highest BCUT2D eigenvalue weighted by Crippen LogP contribution is 2.36. The van der Waals surface area contributed by atoms with Gasteiger partial charge in [-0.2, -0.15) is 0 Å². The highest BCUT2D eigenvalue weighted by Gasteiger charge is 2.25. The van der Waals surface area contributed by atoms with Gasteiger partial charge in [-0.15, -0.1) is 0 Å². The summed E-state index contributed by atoms with van der Waals surface area (Å²) < 4.78 is 5.45. The Bertz CT molecular complexity index is 1440. The van der Waals surface area contributed by atoms with Crippen LogP contribution in [0.5, 0.6) is 0 Å². The number of unbranched alkanes of at least 4 members (excludes halogenated alkanes) is 1. The standard InChI is InChI=1S/C32H35ClN6O2/c33-26-13-14-28-25(19-26)12-11-24-9-6-17-35-30(24)29(28)15-18-37-31(36-16-5-4-10-27-20-34-22-38-27)39-32(40)41-21-23-7-2-1-3-8-23/h1-3,6-9,13-14,17,19-20,22,29H,4-5,10-12,15-16,18,21H2,(H,34,38)(H2,36,37,39,40). The van der Waals surface area contributed by atoms with Gasteiger partial charge in [0.2, 0.25) is 5.96 Å². The smallest absolute Gasteiger partial charge is 0.414 e. The van der Waals surface area contributed by atoms with E-state index in [1.54, 1.807) is 6.33 Å². The number of alkyl carbamates (subject to hydrolysis) is 1. The minimum absolute atomic E-state index is 0.106. The Kier molecular flexibility index (Phi) is 10.0. The summed E-state index contributed by atoms with van der Waals surface area (Å²) in [5, 5.41) is 6.93. The first-order valence-electron chi connectivity index (χ1n) is 14.1. The van der Waals surface area contributed by atoms with Crippen molar-refractivity contribution in [2.24, 2.45) is 4.99 Å². The van der Waals surface area contributed by atoms with E-state index in [0.29, 0.717) is 19.0 Å². The lowest BCUT2D eigenvalue weighted by atomic mass is 9.89. The summed E-state index contributed by atoms with van der Waals surface area (Å²) in [5.74, 6) is 0.518. The maximum atomic E-state index is 12.7. The van der Waals surface area contributed by atoms with Gasteiger partial charge in [0.15, 0.2) is 0 Å². The Balaban J connectivity index is 1.23. The van der Waals surface area contributed by atoms with Gasteiger partial charge >= 0.3 is 6.09 Å². The summed E-state index contributed by atoms with van der Waals surface area (Å²) in [7, 11) is 0. The van der Waals surface area contributed by atoms with Gasteiger partial charge in [0.05, 0.1) is 12.0 Å². The number of nitrogens with one attached hydrogen (secondary N) is 3. The molecule has 0 radical (unpaired) electrons. The zero-order valence-corrected chi connectivity index (χ0v) is 23.7. The number of halogens is 1. The number of rotatable bonds is 10. The van der Waals surface area contributed by atoms with E-state index in [4.69, 9.17) is 21.3 Å². The molecule has 1 aliphatic carbocycles. The number of ether oxygens (including phenoxy) is 1. The second kappa shape index (κ2) is 14.5. The van der Waals surface area contributed by atoms with Gasteiger partial charge in [0.25, 0.3) is 0 Å². The topological polar surface area (TPSA) is 104 Å². The molecule has 2 heterocycles. The molecular weight excluding hydrogens is 536 g/mol. The molecule has 0 bridgehead atoms. The monoisotopic (exact) mass is 570 g/mol. The van der Waals surface area contributed by atoms with Crippen LogP contribution in [-0.4, -0.2) is 40.1 Å². The van der Waals surface area contributed by atoms with Crippen molar-refractivity contribution in [1.29, 1.82) is 0 Å². The van der Waals surface area contributed by atoms with Crippen molar-refractivity contribution < 1.29 is 9.53 Å². The number of imidazole rings is 1. The van der Waals surface area contributed by atoms with E-state index < -0.39 is 6.09 Å². The third-order valence-electron chi connectivity index (χ3n) is 7.24. The predicted octanol–water partition coefficient (Wildman–Crippen LogP) is 5.97. The molecular formula is C32H35ClN6O2. The van der Waals surface area contributed by atoms with Crippen LogP contribution in [0.1, 0.15) is 58.8 Å². The van der Waals surface area contributed by atoms with Crippen LogP contribution in [-0.2, 0) is 30.6 Å². The number of aryl methyl sites for hydroxylation is 3. The van der Waals surface area contributed by atoms with E-state index in [9.17, 15) is 4.79 Å². The number of fused-ring (bicyclic) bond motifs is 2. The average molecular weight is 571 g/mol. The lowest BCUT2D eigenvalue weighted by Crippen LogP contribution is -2.42. The number of hydrogen-bond acceptors (Lipinski definition) is 5. The molecule has 8 nitrogen and oxygen atoms in total. The first-order chi connectivity index (χ1) is 20.2. The normalized spacial score (nSPS) is 14.5. The van der Waals surface area contributed by atoms with E-state index >= 15 is 0 Å². The number of nitrogens with zero attached hydrogens (tertiary/aromatic N) is 3. The molecule has 1 amide bonds. The number of hydrogen-bond donors (Lipinski definition) is 3. The first kappa shape index (κ1) is 28.4. The number of pyridine rings is 1. The van der Waals surface area contributed by atoms with Crippen LogP contribution in [0.2, 0.25) is 5.02 Å². The number of amides is 1. The summed E-state index contributed by atoms with van der Waals surface area (Å²) in [6, 6.07) is 19.9. The van der Waals surface area contributed by atoms with E-state index in [2.05, 4.69) is 43.8 Å². The molecule has 0 fully saturated rings. The molecule has 3 N–H and O–H groups in total. The molecule has 0 saturated heterocycles. The molecule has 1 unspecified atom stereocenters. The maximum absolute atomic E-state index is 12.7. The largest absolute Gasteiger partial charge is 0.444 e. The van der Waals surface area contributed by atoms with Gasteiger partial charge in [0, 0.05) is 42.1 Å². The van der Waals surface area contributed by atoms with Crippen LogP contribution in [0.3, 0.4) is 0 Å². The van der Waals surface area contributed by atoms with E-state index in [1.165, 1.54) is 16.7 Å². The van der Waals surface area contributed by atoms with Gasteiger partial charge in [-0.3, -0.25) is 15.3 Å². The fraction of sp³-hybridized carbons (Fsp3) is 0.312. The van der Waals surface area contributed by atoms with Crippen molar-refractivity contribution >= 4 is 23.7 Å². The third kappa shape index (κ3) is 8.17. The maximum Gasteiger partial charge on any atom is 0.414 e. The number of aliphatic imine (C=N–C) groups is 1. The van der Waals surface area contributed by atoms with Crippen molar-refractivity contribution in [3.05, 3.63) is 118 Å². The summed E-state index contributed by atoms with van der Waals surface area (Å²) >= 11 is 6.35. The number of guanidine groups is 1. The zero-order chi connectivity index (χ0) is 28.3. The van der Waals surface area contributed by atoms with Gasteiger partial charge in [-0.25, -0.2) is 9.78 Å². The Morgan fingerprint density at radius 1 is 1.07 bits per heavy atom. The zero-order valence-electron chi connectivity index (χ0n) is 23.0. The molecule has 212 valence electrons. The van der Waals surface area contributed by atoms with Gasteiger partial charge in [-0.1, -0.05) is 54.1 Å². The quantitative estimate of drug-likeness (QED) is 0.124. The number of aromatic amines is 1. The fourth-order valence-electron chi connectivity index (χ4n) is 5.19. The Labute approximate surface area is 245 Å². The van der Waals surface area contributed by atoms with Crippen LogP contribution >= 0.6 is 11.6 Å². The molecule has 41 heavy (non-hydrogen) atoms. The molecule has 4 aromatic rings. The number of benzene rings is 2. The van der Waals surface area contributed by atoms with Crippen molar-refractivity contribution in [2.45, 2.75) is 51.0 Å². The summed E-state index contributed by atoms with van der Waals surface area (Å²) in [6.45, 7) is 1.35. The molecule has 2 aromatic carbocycles. The van der Waals surface area contributed by atoms with Crippen LogP contribution in [0.25, 0.3) is 0 Å². The Morgan fingerprint density at radius 3 is 2.80 bits per heavy atom. The average Bonchev–Trinajstić information content (AvgIpc) is 3.46. The number of carbonyl (C=O) groups is 1. The minimum Gasteiger partial charge on any atom is -0.444 e. The van der Waals surface area contributed by atoms with Crippen molar-refractivity contribution in [2.75, 3.05) is 13.1 Å². The molecule has 0 spiro atoms. The predicted molar refractivity (Wildman–Crippen MR) is 161 cm³/mol. The van der Waals surface area contributed by atoms with Crippen LogP contribution in [0.15, 0.2) is 84.4 Å². The highest BCUT2D eigenvalue weighted by molar-refractivity contribution is 6.30. The molecule has 2 aromatic heterocycles. The third-order valence-corrected chi connectivity index (χ3v) is 7.47. The number of carbonyl (C=O) groups excluding carboxylic acids is 1. The SMILES string of the molecule is O=C(NC(=NCCCCc1cnc[nH]1)NCCC1c2ccc(Cl)cc2CCc2cccnc21)OCc1ccccc1. The van der Waals surface area contributed by atoms with Gasteiger partial charge in [-0.05, 0) is 79.0 Å². The van der Waals surface area contributed by atoms with Crippen LogP contribution in [0, 0.1) is 0 Å². The first-order valence-corrected chi connectivity index (χ1v) is 14.5. The van der Waals surface area contributed by atoms with Gasteiger partial charge in [0.1, 0.15) is 6.61 Å². The van der Waals surface area contributed by atoms with Crippen molar-refractivity contribution in [3.8, 4) is 0 Å². The number of aromatic nitrogens is 3. The highest BCUT2D eigenvalue weighted by atomic mass is 35.5. The van der Waals surface area contributed by atoms with Gasteiger partial charge < -0.3 is 15.0 Å².